The molecule has 0 radical (unpaired) electrons. The molecule has 2 aromatic carbocycles. The minimum atomic E-state index is -0.380. The molecule has 0 aliphatic heterocycles. The van der Waals surface area contributed by atoms with Crippen LogP contribution in [-0.4, -0.2) is 43.8 Å². The molecule has 0 aliphatic rings. The zero-order chi connectivity index (χ0) is 20.0. The third kappa shape index (κ3) is 5.28. The lowest BCUT2D eigenvalue weighted by Gasteiger charge is -2.26. The van der Waals surface area contributed by atoms with Gasteiger partial charge in [0.05, 0.1) is 5.70 Å². The smallest absolute Gasteiger partial charge is 0.264 e. The molecule has 2 aromatic rings. The summed E-state index contributed by atoms with van der Waals surface area (Å²) in [7, 11) is 3.88. The minimum absolute atomic E-state index is 0.0144. The summed E-state index contributed by atoms with van der Waals surface area (Å²) in [6.07, 6.45) is 0. The Labute approximate surface area is 161 Å². The maximum absolute atomic E-state index is 13.3. The van der Waals surface area contributed by atoms with Crippen molar-refractivity contribution in [2.45, 2.75) is 13.8 Å². The summed E-state index contributed by atoms with van der Waals surface area (Å²) in [5, 5.41) is 0. The summed E-state index contributed by atoms with van der Waals surface area (Å²) in [4.78, 5) is 29.3. The molecule has 142 valence electrons. The van der Waals surface area contributed by atoms with Crippen molar-refractivity contribution in [1.82, 2.24) is 4.90 Å². The first-order chi connectivity index (χ1) is 12.8. The summed E-state index contributed by atoms with van der Waals surface area (Å²) in [6, 6.07) is 16.8. The van der Waals surface area contributed by atoms with Crippen LogP contribution >= 0.6 is 0 Å². The van der Waals surface area contributed by atoms with Gasteiger partial charge >= 0.3 is 0 Å². The maximum atomic E-state index is 13.3. The van der Waals surface area contributed by atoms with E-state index in [0.717, 1.165) is 11.3 Å². The molecule has 2 rings (SSSR count). The number of carbonyl (C=O) groups excluding carboxylic acids is 2. The van der Waals surface area contributed by atoms with Crippen molar-refractivity contribution in [1.29, 1.82) is 0 Å². The fraction of sp³-hybridized carbons (Fsp3) is 0.273. The number of Topliss-reactive ketones (excluding diaryl/α,β-unsaturated/α-hetero) is 1. The Morgan fingerprint density at radius 1 is 0.926 bits per heavy atom. The molecule has 0 unspecified atom stereocenters. The average Bonchev–Trinajstić information content (AvgIpc) is 2.63. The predicted molar refractivity (Wildman–Crippen MR) is 110 cm³/mol. The van der Waals surface area contributed by atoms with Crippen molar-refractivity contribution in [2.75, 3.05) is 32.1 Å². The van der Waals surface area contributed by atoms with Gasteiger partial charge in [0, 0.05) is 18.8 Å². The van der Waals surface area contributed by atoms with Crippen molar-refractivity contribution in [3.05, 3.63) is 71.3 Å². The van der Waals surface area contributed by atoms with E-state index in [0.29, 0.717) is 18.7 Å². The molecule has 5 nitrogen and oxygen atoms in total. The Bertz CT molecular complexity index is 824. The van der Waals surface area contributed by atoms with Crippen LogP contribution in [0.1, 0.15) is 18.1 Å². The highest BCUT2D eigenvalue weighted by Crippen LogP contribution is 2.21. The average molecular weight is 365 g/mol. The third-order valence-corrected chi connectivity index (χ3v) is 4.28. The molecule has 0 saturated heterocycles. The Morgan fingerprint density at radius 2 is 1.52 bits per heavy atom. The van der Waals surface area contributed by atoms with E-state index < -0.39 is 0 Å². The normalized spacial score (nSPS) is 11.9. The van der Waals surface area contributed by atoms with Gasteiger partial charge in [-0.05, 0) is 45.6 Å². The molecule has 1 amide bonds. The number of nitrogens with two attached hydrogens (primary N) is 1. The number of ketones is 1. The van der Waals surface area contributed by atoms with Crippen LogP contribution in [-0.2, 0) is 9.59 Å². The van der Waals surface area contributed by atoms with Gasteiger partial charge in [0.15, 0.2) is 5.78 Å². The standard InChI is InChI=1S/C22H27N3O2/c1-16-10-12-19(13-11-16)25(15-14-24(3)4)22(27)20(17(2)26)21(23)18-8-6-5-7-9-18/h5-13H,14-15,23H2,1-4H3. The van der Waals surface area contributed by atoms with Gasteiger partial charge in [-0.3, -0.25) is 9.59 Å². The number of carbonyl (C=O) groups is 2. The molecule has 0 atom stereocenters. The maximum Gasteiger partial charge on any atom is 0.264 e. The molecule has 0 spiro atoms. The summed E-state index contributed by atoms with van der Waals surface area (Å²) >= 11 is 0. The Kier molecular flexibility index (Phi) is 6.91. The third-order valence-electron chi connectivity index (χ3n) is 4.28. The molecule has 0 aliphatic carbocycles. The summed E-state index contributed by atoms with van der Waals surface area (Å²) < 4.78 is 0. The molecule has 0 saturated carbocycles. The van der Waals surface area contributed by atoms with E-state index in [2.05, 4.69) is 0 Å². The van der Waals surface area contributed by atoms with E-state index in [-0.39, 0.29) is 23.0 Å². The van der Waals surface area contributed by atoms with Gasteiger partial charge in [0.2, 0.25) is 0 Å². The molecular weight excluding hydrogens is 338 g/mol. The van der Waals surface area contributed by atoms with E-state index in [1.165, 1.54) is 6.92 Å². The highest BCUT2D eigenvalue weighted by Gasteiger charge is 2.26. The van der Waals surface area contributed by atoms with Crippen LogP contribution in [0, 0.1) is 6.92 Å². The second-order valence-electron chi connectivity index (χ2n) is 6.81. The van der Waals surface area contributed by atoms with Crippen LogP contribution in [0.25, 0.3) is 5.70 Å². The minimum Gasteiger partial charge on any atom is -0.397 e. The van der Waals surface area contributed by atoms with E-state index in [9.17, 15) is 9.59 Å². The van der Waals surface area contributed by atoms with Gasteiger partial charge in [0.1, 0.15) is 5.57 Å². The van der Waals surface area contributed by atoms with E-state index in [4.69, 9.17) is 5.73 Å². The molecule has 27 heavy (non-hydrogen) atoms. The molecule has 0 bridgehead atoms. The number of amides is 1. The van der Waals surface area contributed by atoms with E-state index in [1.54, 1.807) is 17.0 Å². The number of aryl methyl sites for hydroxylation is 1. The van der Waals surface area contributed by atoms with Crippen LogP contribution in [0.15, 0.2) is 60.2 Å². The molecule has 0 heterocycles. The SMILES string of the molecule is CC(=O)C(C(=O)N(CCN(C)C)c1ccc(C)cc1)=C(N)c1ccccc1. The number of nitrogens with zero attached hydrogens (tertiary/aromatic N) is 2. The molecule has 0 fully saturated rings. The lowest BCUT2D eigenvalue weighted by atomic mass is 10.0. The van der Waals surface area contributed by atoms with Crippen molar-refractivity contribution >= 4 is 23.1 Å². The first-order valence-corrected chi connectivity index (χ1v) is 8.90. The highest BCUT2D eigenvalue weighted by atomic mass is 16.2. The van der Waals surface area contributed by atoms with Gasteiger partial charge in [-0.15, -0.1) is 0 Å². The Balaban J connectivity index is 2.49. The molecular formula is C22H27N3O2. The van der Waals surface area contributed by atoms with E-state index in [1.807, 2.05) is 68.4 Å². The highest BCUT2D eigenvalue weighted by molar-refractivity contribution is 6.27. The van der Waals surface area contributed by atoms with Crippen molar-refractivity contribution in [2.24, 2.45) is 5.73 Å². The first kappa shape index (κ1) is 20.4. The second kappa shape index (κ2) is 9.14. The van der Waals surface area contributed by atoms with Crippen LogP contribution in [0.3, 0.4) is 0 Å². The monoisotopic (exact) mass is 365 g/mol. The fourth-order valence-electron chi connectivity index (χ4n) is 2.73. The van der Waals surface area contributed by atoms with Gasteiger partial charge in [-0.1, -0.05) is 48.0 Å². The lowest BCUT2D eigenvalue weighted by molar-refractivity contribution is -0.120. The number of hydrogen-bond acceptors (Lipinski definition) is 4. The number of hydrogen-bond donors (Lipinski definition) is 1. The summed E-state index contributed by atoms with van der Waals surface area (Å²) in [5.41, 5.74) is 8.96. The van der Waals surface area contributed by atoms with Crippen molar-refractivity contribution in [3.8, 4) is 0 Å². The summed E-state index contributed by atoms with van der Waals surface area (Å²) in [5.74, 6) is -0.724. The van der Waals surface area contributed by atoms with Gasteiger partial charge in [-0.25, -0.2) is 0 Å². The van der Waals surface area contributed by atoms with Crippen LogP contribution in [0.5, 0.6) is 0 Å². The lowest BCUT2D eigenvalue weighted by Crippen LogP contribution is -2.39. The van der Waals surface area contributed by atoms with Gasteiger partial charge < -0.3 is 15.5 Å². The number of rotatable bonds is 7. The largest absolute Gasteiger partial charge is 0.397 e. The van der Waals surface area contributed by atoms with Crippen molar-refractivity contribution < 1.29 is 9.59 Å². The topological polar surface area (TPSA) is 66.6 Å². The van der Waals surface area contributed by atoms with Crippen LogP contribution in [0.2, 0.25) is 0 Å². The zero-order valence-corrected chi connectivity index (χ0v) is 16.4. The molecule has 5 heteroatoms. The van der Waals surface area contributed by atoms with Crippen LogP contribution < -0.4 is 10.6 Å². The Hall–Kier alpha value is -2.92. The Morgan fingerprint density at radius 3 is 2.04 bits per heavy atom. The fourth-order valence-corrected chi connectivity index (χ4v) is 2.73. The first-order valence-electron chi connectivity index (χ1n) is 8.90. The van der Waals surface area contributed by atoms with Gasteiger partial charge in [-0.2, -0.15) is 0 Å². The van der Waals surface area contributed by atoms with Gasteiger partial charge in [0.25, 0.3) is 5.91 Å². The molecule has 2 N–H and O–H groups in total. The van der Waals surface area contributed by atoms with Crippen molar-refractivity contribution in [3.63, 3.8) is 0 Å². The van der Waals surface area contributed by atoms with E-state index >= 15 is 0 Å². The number of benzene rings is 2. The zero-order valence-electron chi connectivity index (χ0n) is 16.4. The number of anilines is 1. The predicted octanol–water partition coefficient (Wildman–Crippen LogP) is 2.85. The summed E-state index contributed by atoms with van der Waals surface area (Å²) in [6.45, 7) is 4.48. The quantitative estimate of drug-likeness (QED) is 0.465. The molecule has 0 aromatic heterocycles. The number of likely N-dealkylation sites (N-methyl/N-ethyl adjacent to an activating group) is 1. The second-order valence-corrected chi connectivity index (χ2v) is 6.81. The van der Waals surface area contributed by atoms with Crippen LogP contribution in [0.4, 0.5) is 5.69 Å².